The van der Waals surface area contributed by atoms with Crippen LogP contribution in [0.1, 0.15) is 84.9 Å². The second-order valence-electron chi connectivity index (χ2n) is 8.02. The smallest absolute Gasteiger partial charge is 0.289 e. The average molecular weight is 418 g/mol. The monoisotopic (exact) mass is 418 g/mol. The normalized spacial score (nSPS) is 17.9. The third-order valence-corrected chi connectivity index (χ3v) is 5.88. The number of amides is 2. The zero-order chi connectivity index (χ0) is 21.7. The minimum atomic E-state index is -0.828. The molecular formula is C20H26N4O6. The lowest BCUT2D eigenvalue weighted by molar-refractivity contribution is -0.394. The second-order valence-corrected chi connectivity index (χ2v) is 8.02. The van der Waals surface area contributed by atoms with Gasteiger partial charge in [0.15, 0.2) is 0 Å². The molecule has 2 saturated carbocycles. The molecule has 0 radical (unpaired) electrons. The van der Waals surface area contributed by atoms with E-state index in [2.05, 4.69) is 10.6 Å². The fourth-order valence-electron chi connectivity index (χ4n) is 4.26. The fraction of sp³-hybridized carbons (Fsp3) is 0.600. The zero-order valence-electron chi connectivity index (χ0n) is 16.7. The first-order valence-corrected chi connectivity index (χ1v) is 10.5. The molecule has 10 heteroatoms. The summed E-state index contributed by atoms with van der Waals surface area (Å²) < 4.78 is 0. The Morgan fingerprint density at radius 1 is 0.700 bits per heavy atom. The average Bonchev–Trinajstić information content (AvgIpc) is 2.74. The predicted octanol–water partition coefficient (Wildman–Crippen LogP) is 3.63. The summed E-state index contributed by atoms with van der Waals surface area (Å²) in [5, 5.41) is 28.6. The molecule has 1 aromatic carbocycles. The molecule has 2 aliphatic rings. The topological polar surface area (TPSA) is 144 Å². The Morgan fingerprint density at radius 3 is 1.40 bits per heavy atom. The molecule has 2 fully saturated rings. The number of nitro groups is 2. The lowest BCUT2D eigenvalue weighted by Crippen LogP contribution is -2.38. The number of rotatable bonds is 6. The number of nitrogens with one attached hydrogen (secondary N) is 2. The highest BCUT2D eigenvalue weighted by molar-refractivity contribution is 6.05. The molecule has 0 saturated heterocycles. The third-order valence-electron chi connectivity index (χ3n) is 5.88. The Hall–Kier alpha value is -3.04. The Labute approximate surface area is 173 Å². The van der Waals surface area contributed by atoms with Crippen LogP contribution in [0.4, 0.5) is 11.4 Å². The van der Waals surface area contributed by atoms with Crippen LogP contribution in [0.15, 0.2) is 12.1 Å². The van der Waals surface area contributed by atoms with Gasteiger partial charge in [0.25, 0.3) is 23.2 Å². The molecular weight excluding hydrogens is 392 g/mol. The van der Waals surface area contributed by atoms with E-state index in [-0.39, 0.29) is 23.2 Å². The van der Waals surface area contributed by atoms with E-state index in [4.69, 9.17) is 0 Å². The number of benzene rings is 1. The first-order chi connectivity index (χ1) is 14.4. The van der Waals surface area contributed by atoms with Crippen molar-refractivity contribution < 1.29 is 19.4 Å². The van der Waals surface area contributed by atoms with Gasteiger partial charge in [-0.15, -0.1) is 0 Å². The van der Waals surface area contributed by atoms with Gasteiger partial charge in [0.05, 0.1) is 15.9 Å². The van der Waals surface area contributed by atoms with Crippen LogP contribution >= 0.6 is 0 Å². The minimum Gasteiger partial charge on any atom is -0.349 e. The van der Waals surface area contributed by atoms with Crippen LogP contribution in [-0.2, 0) is 0 Å². The van der Waals surface area contributed by atoms with Gasteiger partial charge in [-0.25, -0.2) is 0 Å². The van der Waals surface area contributed by atoms with E-state index < -0.39 is 33.0 Å². The van der Waals surface area contributed by atoms with Crippen LogP contribution in [0.2, 0.25) is 0 Å². The molecule has 2 N–H and O–H groups in total. The number of carbonyl (C=O) groups is 2. The summed E-state index contributed by atoms with van der Waals surface area (Å²) in [5.41, 5.74) is -2.01. The fourth-order valence-corrected chi connectivity index (χ4v) is 4.26. The van der Waals surface area contributed by atoms with Gasteiger partial charge in [0.2, 0.25) is 0 Å². The summed E-state index contributed by atoms with van der Waals surface area (Å²) in [6.07, 6.45) is 9.12. The molecule has 0 aromatic heterocycles. The standard InChI is InChI=1S/C20H26N4O6/c25-19(21-13-7-3-1-4-8-13)15-11-16(18(24(29)30)12-17(15)23(27)28)20(26)22-14-9-5-2-6-10-14/h11-14H,1-10H2,(H,21,25)(H,22,26). The van der Waals surface area contributed by atoms with Crippen molar-refractivity contribution in [1.29, 1.82) is 0 Å². The van der Waals surface area contributed by atoms with Crippen molar-refractivity contribution in [2.45, 2.75) is 76.3 Å². The van der Waals surface area contributed by atoms with Gasteiger partial charge in [-0.1, -0.05) is 38.5 Å². The van der Waals surface area contributed by atoms with Crippen molar-refractivity contribution in [3.63, 3.8) is 0 Å². The van der Waals surface area contributed by atoms with Gasteiger partial charge in [-0.3, -0.25) is 29.8 Å². The molecule has 162 valence electrons. The molecule has 0 spiro atoms. The molecule has 2 amide bonds. The lowest BCUT2D eigenvalue weighted by atomic mass is 9.94. The molecule has 0 bridgehead atoms. The van der Waals surface area contributed by atoms with E-state index in [0.717, 1.165) is 70.3 Å². The molecule has 1 aromatic rings. The van der Waals surface area contributed by atoms with Crippen molar-refractivity contribution >= 4 is 23.2 Å². The number of hydrogen-bond donors (Lipinski definition) is 2. The van der Waals surface area contributed by atoms with Crippen LogP contribution in [0.3, 0.4) is 0 Å². The summed E-state index contributed by atoms with van der Waals surface area (Å²) in [6, 6.07) is 1.51. The van der Waals surface area contributed by atoms with Crippen LogP contribution < -0.4 is 10.6 Å². The van der Waals surface area contributed by atoms with Crippen molar-refractivity contribution in [3.05, 3.63) is 43.5 Å². The maximum Gasteiger partial charge on any atom is 0.289 e. The van der Waals surface area contributed by atoms with Crippen LogP contribution in [0.25, 0.3) is 0 Å². The van der Waals surface area contributed by atoms with E-state index in [1.807, 2.05) is 0 Å². The van der Waals surface area contributed by atoms with Gasteiger partial charge >= 0.3 is 0 Å². The number of nitro benzene ring substituents is 2. The van der Waals surface area contributed by atoms with Crippen molar-refractivity contribution in [3.8, 4) is 0 Å². The van der Waals surface area contributed by atoms with Gasteiger partial charge in [0.1, 0.15) is 11.1 Å². The van der Waals surface area contributed by atoms with Gasteiger partial charge in [-0.05, 0) is 31.7 Å². The number of carbonyl (C=O) groups excluding carboxylic acids is 2. The molecule has 0 heterocycles. The van der Waals surface area contributed by atoms with Crippen molar-refractivity contribution in [1.82, 2.24) is 10.6 Å². The lowest BCUT2D eigenvalue weighted by Gasteiger charge is -2.23. The summed E-state index contributed by atoms with van der Waals surface area (Å²) in [4.78, 5) is 46.9. The van der Waals surface area contributed by atoms with E-state index in [0.29, 0.717) is 6.07 Å². The molecule has 3 rings (SSSR count). The van der Waals surface area contributed by atoms with E-state index in [9.17, 15) is 29.8 Å². The highest BCUT2D eigenvalue weighted by atomic mass is 16.6. The van der Waals surface area contributed by atoms with E-state index >= 15 is 0 Å². The van der Waals surface area contributed by atoms with Crippen molar-refractivity contribution in [2.75, 3.05) is 0 Å². The van der Waals surface area contributed by atoms with Gasteiger partial charge in [0, 0.05) is 12.1 Å². The number of nitrogens with zero attached hydrogens (tertiary/aromatic N) is 2. The van der Waals surface area contributed by atoms with Gasteiger partial charge in [-0.2, -0.15) is 0 Å². The summed E-state index contributed by atoms with van der Waals surface area (Å²) in [5.74, 6) is -1.37. The molecule has 10 nitrogen and oxygen atoms in total. The van der Waals surface area contributed by atoms with E-state index in [1.165, 1.54) is 0 Å². The van der Waals surface area contributed by atoms with Crippen molar-refractivity contribution in [2.24, 2.45) is 0 Å². The largest absolute Gasteiger partial charge is 0.349 e. The third kappa shape index (κ3) is 5.11. The zero-order valence-corrected chi connectivity index (χ0v) is 16.7. The Bertz CT molecular complexity index is 779. The highest BCUT2D eigenvalue weighted by Crippen LogP contribution is 2.30. The Morgan fingerprint density at radius 2 is 1.07 bits per heavy atom. The highest BCUT2D eigenvalue weighted by Gasteiger charge is 2.32. The summed E-state index contributed by atoms with van der Waals surface area (Å²) in [7, 11) is 0. The van der Waals surface area contributed by atoms with Crippen LogP contribution in [0, 0.1) is 20.2 Å². The quantitative estimate of drug-likeness (QED) is 0.533. The molecule has 0 atom stereocenters. The SMILES string of the molecule is O=C(NC1CCCCC1)c1cc(C(=O)NC2CCCCC2)c([N+](=O)[O-])cc1[N+](=O)[O-]. The predicted molar refractivity (Wildman–Crippen MR) is 108 cm³/mol. The van der Waals surface area contributed by atoms with Crippen LogP contribution in [-0.4, -0.2) is 33.7 Å². The second kappa shape index (κ2) is 9.64. The molecule has 30 heavy (non-hydrogen) atoms. The molecule has 0 aliphatic heterocycles. The maximum atomic E-state index is 12.8. The molecule has 2 aliphatic carbocycles. The minimum absolute atomic E-state index is 0.0967. The maximum absolute atomic E-state index is 12.8. The Balaban J connectivity index is 1.92. The summed E-state index contributed by atoms with van der Waals surface area (Å²) in [6.45, 7) is 0. The first kappa shape index (κ1) is 21.7. The van der Waals surface area contributed by atoms with E-state index in [1.54, 1.807) is 0 Å². The Kier molecular flexibility index (Phi) is 6.96. The summed E-state index contributed by atoms with van der Waals surface area (Å²) >= 11 is 0. The van der Waals surface area contributed by atoms with Crippen LogP contribution in [0.5, 0.6) is 0 Å². The molecule has 0 unspecified atom stereocenters. The van der Waals surface area contributed by atoms with Gasteiger partial charge < -0.3 is 10.6 Å². The number of hydrogen-bond acceptors (Lipinski definition) is 6. The first-order valence-electron chi connectivity index (χ1n) is 10.5.